The minimum Gasteiger partial charge on any atom is -0.481 e. The van der Waals surface area contributed by atoms with Gasteiger partial charge in [0.1, 0.15) is 11.6 Å². The Labute approximate surface area is 144 Å². The van der Waals surface area contributed by atoms with E-state index in [1.807, 2.05) is 0 Å². The Hall–Kier alpha value is -2.73. The van der Waals surface area contributed by atoms with Gasteiger partial charge in [-0.05, 0) is 12.5 Å². The number of carboxylic acids is 1. The standard InChI is InChI=1S/C16H11F2N3O3S/c17-11-3-1-2-7(12(11)18)6-25-16-20-13(8-4-9(8)15(23)24)10(5-19)14(22)21-16/h1-3,8-9H,4,6H2,(H,23,24)(H,20,21,22)/t8-,9-/m1/s1. The van der Waals surface area contributed by atoms with E-state index < -0.39 is 35.0 Å². The van der Waals surface area contributed by atoms with Crippen LogP contribution in [0.2, 0.25) is 0 Å². The second kappa shape index (κ2) is 6.64. The highest BCUT2D eigenvalue weighted by molar-refractivity contribution is 7.98. The highest BCUT2D eigenvalue weighted by Crippen LogP contribution is 2.47. The molecule has 0 spiro atoms. The van der Waals surface area contributed by atoms with Crippen molar-refractivity contribution in [3.05, 3.63) is 57.0 Å². The largest absolute Gasteiger partial charge is 0.481 e. The van der Waals surface area contributed by atoms with Crippen molar-refractivity contribution in [3.63, 3.8) is 0 Å². The number of aromatic amines is 1. The lowest BCUT2D eigenvalue weighted by Crippen LogP contribution is -2.17. The van der Waals surface area contributed by atoms with Gasteiger partial charge < -0.3 is 10.1 Å². The second-order valence-electron chi connectivity index (χ2n) is 5.53. The van der Waals surface area contributed by atoms with Crippen LogP contribution in [0.3, 0.4) is 0 Å². The number of aliphatic carboxylic acids is 1. The molecule has 1 aliphatic rings. The molecule has 2 N–H and O–H groups in total. The molecule has 2 atom stereocenters. The molecule has 128 valence electrons. The van der Waals surface area contributed by atoms with E-state index in [1.54, 1.807) is 6.07 Å². The van der Waals surface area contributed by atoms with Crippen molar-refractivity contribution >= 4 is 17.7 Å². The van der Waals surface area contributed by atoms with E-state index >= 15 is 0 Å². The summed E-state index contributed by atoms with van der Waals surface area (Å²) in [7, 11) is 0. The number of halogens is 2. The molecule has 0 radical (unpaired) electrons. The zero-order valence-electron chi connectivity index (χ0n) is 12.6. The van der Waals surface area contributed by atoms with Crippen molar-refractivity contribution in [3.8, 4) is 6.07 Å². The summed E-state index contributed by atoms with van der Waals surface area (Å²) >= 11 is 0.969. The Kier molecular flexibility index (Phi) is 4.55. The molecule has 0 saturated heterocycles. The smallest absolute Gasteiger partial charge is 0.307 e. The molecule has 0 unspecified atom stereocenters. The second-order valence-corrected chi connectivity index (χ2v) is 6.50. The molecular weight excluding hydrogens is 352 g/mol. The minimum atomic E-state index is -1.01. The highest BCUT2D eigenvalue weighted by Gasteiger charge is 2.47. The maximum absolute atomic E-state index is 13.7. The van der Waals surface area contributed by atoms with Crippen LogP contribution in [0.15, 0.2) is 28.2 Å². The molecule has 3 rings (SSSR count). The molecule has 1 heterocycles. The summed E-state index contributed by atoms with van der Waals surface area (Å²) in [4.78, 5) is 29.6. The van der Waals surface area contributed by atoms with Crippen LogP contribution in [-0.2, 0) is 10.5 Å². The van der Waals surface area contributed by atoms with Gasteiger partial charge in [-0.1, -0.05) is 23.9 Å². The summed E-state index contributed by atoms with van der Waals surface area (Å²) in [5.41, 5.74) is -0.643. The van der Waals surface area contributed by atoms with Crippen LogP contribution in [0, 0.1) is 28.9 Å². The van der Waals surface area contributed by atoms with Crippen LogP contribution >= 0.6 is 11.8 Å². The Morgan fingerprint density at radius 1 is 1.48 bits per heavy atom. The van der Waals surface area contributed by atoms with Crippen molar-refractivity contribution in [2.24, 2.45) is 5.92 Å². The van der Waals surface area contributed by atoms with Crippen LogP contribution in [0.1, 0.15) is 29.2 Å². The Morgan fingerprint density at radius 3 is 2.88 bits per heavy atom. The van der Waals surface area contributed by atoms with Crippen molar-refractivity contribution in [2.45, 2.75) is 23.2 Å². The van der Waals surface area contributed by atoms with Gasteiger partial charge in [0.25, 0.3) is 5.56 Å². The van der Waals surface area contributed by atoms with E-state index in [9.17, 15) is 18.4 Å². The Morgan fingerprint density at radius 2 is 2.24 bits per heavy atom. The SMILES string of the molecule is N#Cc1c([C@@H]2C[C@H]2C(=O)O)nc(SCc2cccc(F)c2F)[nH]c1=O. The third kappa shape index (κ3) is 3.39. The van der Waals surface area contributed by atoms with Gasteiger partial charge in [-0.2, -0.15) is 5.26 Å². The number of rotatable bonds is 5. The van der Waals surface area contributed by atoms with Gasteiger partial charge in [0.15, 0.2) is 16.8 Å². The maximum atomic E-state index is 13.7. The molecule has 1 aromatic heterocycles. The van der Waals surface area contributed by atoms with E-state index in [-0.39, 0.29) is 27.7 Å². The predicted octanol–water partition coefficient (Wildman–Crippen LogP) is 2.40. The molecule has 0 bridgehead atoms. The summed E-state index contributed by atoms with van der Waals surface area (Å²) in [6.45, 7) is 0. The van der Waals surface area contributed by atoms with Crippen LogP contribution in [-0.4, -0.2) is 21.0 Å². The zero-order chi connectivity index (χ0) is 18.1. The van der Waals surface area contributed by atoms with E-state index in [4.69, 9.17) is 10.4 Å². The minimum absolute atomic E-state index is 0.0187. The number of nitrogens with one attached hydrogen (secondary N) is 1. The summed E-state index contributed by atoms with van der Waals surface area (Å²) in [5.74, 6) is -4.08. The summed E-state index contributed by atoms with van der Waals surface area (Å²) in [6.07, 6.45) is 0.309. The van der Waals surface area contributed by atoms with Gasteiger partial charge in [-0.3, -0.25) is 9.59 Å². The number of hydrogen-bond donors (Lipinski definition) is 2. The maximum Gasteiger partial charge on any atom is 0.307 e. The van der Waals surface area contributed by atoms with Crippen LogP contribution in [0.4, 0.5) is 8.78 Å². The van der Waals surface area contributed by atoms with Crippen LogP contribution in [0.25, 0.3) is 0 Å². The van der Waals surface area contributed by atoms with Gasteiger partial charge in [-0.15, -0.1) is 0 Å². The van der Waals surface area contributed by atoms with Crippen LogP contribution in [0.5, 0.6) is 0 Å². The van der Waals surface area contributed by atoms with Crippen LogP contribution < -0.4 is 5.56 Å². The topological polar surface area (TPSA) is 107 Å². The molecule has 1 fully saturated rings. The fourth-order valence-electron chi connectivity index (χ4n) is 2.49. The van der Waals surface area contributed by atoms with E-state index in [0.29, 0.717) is 6.42 Å². The Balaban J connectivity index is 1.87. The summed E-state index contributed by atoms with van der Waals surface area (Å²) in [5, 5.41) is 18.3. The molecule has 0 amide bonds. The lowest BCUT2D eigenvalue weighted by atomic mass is 10.1. The average molecular weight is 363 g/mol. The van der Waals surface area contributed by atoms with Gasteiger partial charge in [0.2, 0.25) is 0 Å². The van der Waals surface area contributed by atoms with Gasteiger partial charge in [0.05, 0.1) is 11.6 Å². The molecule has 6 nitrogen and oxygen atoms in total. The molecule has 2 aromatic rings. The van der Waals surface area contributed by atoms with Crippen molar-refractivity contribution < 1.29 is 18.7 Å². The summed E-state index contributed by atoms with van der Waals surface area (Å²) < 4.78 is 26.9. The number of carbonyl (C=O) groups is 1. The van der Waals surface area contributed by atoms with Crippen molar-refractivity contribution in [2.75, 3.05) is 0 Å². The van der Waals surface area contributed by atoms with Crippen molar-refractivity contribution in [1.29, 1.82) is 5.26 Å². The van der Waals surface area contributed by atoms with Gasteiger partial charge in [-0.25, -0.2) is 13.8 Å². The predicted molar refractivity (Wildman–Crippen MR) is 84.0 cm³/mol. The number of aromatic nitrogens is 2. The lowest BCUT2D eigenvalue weighted by Gasteiger charge is -2.06. The first-order valence-corrected chi connectivity index (χ1v) is 8.23. The molecule has 1 saturated carbocycles. The molecule has 1 aliphatic carbocycles. The third-order valence-electron chi connectivity index (χ3n) is 3.89. The number of nitrogens with zero attached hydrogens (tertiary/aromatic N) is 2. The van der Waals surface area contributed by atoms with Gasteiger partial charge >= 0.3 is 5.97 Å². The number of hydrogen-bond acceptors (Lipinski definition) is 5. The first-order valence-electron chi connectivity index (χ1n) is 7.25. The molecular formula is C16H11F2N3O3S. The first-order chi connectivity index (χ1) is 11.9. The average Bonchev–Trinajstić information content (AvgIpc) is 3.36. The quantitative estimate of drug-likeness (QED) is 0.624. The normalized spacial score (nSPS) is 18.6. The van der Waals surface area contributed by atoms with E-state index in [2.05, 4.69) is 9.97 Å². The third-order valence-corrected chi connectivity index (χ3v) is 4.81. The zero-order valence-corrected chi connectivity index (χ0v) is 13.4. The number of carboxylic acid groups (broad SMARTS) is 1. The number of nitriles is 1. The first kappa shape index (κ1) is 17.1. The Bertz CT molecular complexity index is 955. The molecule has 1 aromatic carbocycles. The fraction of sp³-hybridized carbons (Fsp3) is 0.250. The molecule has 25 heavy (non-hydrogen) atoms. The number of thioether (sulfide) groups is 1. The van der Waals surface area contributed by atoms with Gasteiger partial charge in [0, 0.05) is 17.2 Å². The summed E-state index contributed by atoms with van der Waals surface area (Å²) in [6, 6.07) is 5.53. The number of H-pyrrole nitrogens is 1. The molecule has 9 heteroatoms. The lowest BCUT2D eigenvalue weighted by molar-refractivity contribution is -0.138. The highest BCUT2D eigenvalue weighted by atomic mass is 32.2. The molecule has 0 aliphatic heterocycles. The monoisotopic (exact) mass is 363 g/mol. The van der Waals surface area contributed by atoms with E-state index in [1.165, 1.54) is 12.1 Å². The van der Waals surface area contributed by atoms with Crippen molar-refractivity contribution in [1.82, 2.24) is 9.97 Å². The number of benzene rings is 1. The fourth-order valence-corrected chi connectivity index (χ4v) is 3.33. The van der Waals surface area contributed by atoms with E-state index in [0.717, 1.165) is 17.8 Å².